The average Bonchev–Trinajstić information content (AvgIpc) is 3.12. The van der Waals surface area contributed by atoms with Gasteiger partial charge in [-0.15, -0.1) is 4.99 Å². The number of nitrogens with one attached hydrogen (secondary N) is 4. The zero-order chi connectivity index (χ0) is 53.9. The van der Waals surface area contributed by atoms with Crippen LogP contribution < -0.4 is 16.0 Å². The molecule has 6 amide bonds. The zero-order valence-electron chi connectivity index (χ0n) is 45.0. The molecule has 0 aliphatic heterocycles. The molecule has 0 saturated heterocycles. The van der Waals surface area contributed by atoms with Gasteiger partial charge < -0.3 is 33.2 Å². The number of amidine groups is 1. The first-order chi connectivity index (χ1) is 31.8. The number of alkyl carbamates (subject to hydrolysis) is 3. The molecule has 0 spiro atoms. The number of hydrogen-bond acceptors (Lipinski definition) is 15. The molecular weight excluding hydrogens is 909 g/mol. The van der Waals surface area contributed by atoms with Gasteiger partial charge in [-0.05, 0) is 143 Å². The van der Waals surface area contributed by atoms with E-state index >= 15 is 0 Å². The Morgan fingerprint density at radius 2 is 0.914 bits per heavy atom. The third-order valence-electron chi connectivity index (χ3n) is 7.94. The molecule has 0 saturated carbocycles. The smallest absolute Gasteiger partial charge is 0.437 e. The molecule has 0 fully saturated rings. The third kappa shape index (κ3) is 29.8. The molecular formula is C49H82N8O13. The SMILES string of the molecule is CC(C)(C)OC(=O)N=C(N(CCCCCCCN=C(NC(=O)OC(C)(C)C)NC(=O)OC(C)(C)C)C(=O)OC(C)(C)C)N(CCOCc1ccc(C(=N)NC(=O)OC(C)(C)C)cc1)C(=O)OC(C)(C)C. The van der Waals surface area contributed by atoms with Crippen LogP contribution in [0.15, 0.2) is 34.3 Å². The monoisotopic (exact) mass is 991 g/mol. The summed E-state index contributed by atoms with van der Waals surface area (Å²) < 4.78 is 38.9. The van der Waals surface area contributed by atoms with Crippen molar-refractivity contribution in [2.24, 2.45) is 9.98 Å². The molecule has 0 aromatic heterocycles. The van der Waals surface area contributed by atoms with Crippen LogP contribution in [0.5, 0.6) is 0 Å². The van der Waals surface area contributed by atoms with Crippen molar-refractivity contribution in [2.45, 2.75) is 197 Å². The fourth-order valence-electron chi connectivity index (χ4n) is 5.42. The minimum atomic E-state index is -1.07. The molecule has 21 nitrogen and oxygen atoms in total. The van der Waals surface area contributed by atoms with Gasteiger partial charge in [0.25, 0.3) is 0 Å². The van der Waals surface area contributed by atoms with Crippen LogP contribution in [0, 0.1) is 5.41 Å². The summed E-state index contributed by atoms with van der Waals surface area (Å²) >= 11 is 0. The maximum Gasteiger partial charge on any atom is 0.437 e. The highest BCUT2D eigenvalue weighted by atomic mass is 16.6. The van der Waals surface area contributed by atoms with Crippen molar-refractivity contribution >= 4 is 54.3 Å². The van der Waals surface area contributed by atoms with Crippen molar-refractivity contribution in [3.05, 3.63) is 35.4 Å². The van der Waals surface area contributed by atoms with Gasteiger partial charge in [-0.1, -0.05) is 43.5 Å². The first-order valence-corrected chi connectivity index (χ1v) is 23.4. The molecule has 0 aliphatic carbocycles. The molecule has 70 heavy (non-hydrogen) atoms. The van der Waals surface area contributed by atoms with Gasteiger partial charge in [0.15, 0.2) is 0 Å². The highest BCUT2D eigenvalue weighted by molar-refractivity contribution is 6.05. The van der Waals surface area contributed by atoms with Crippen LogP contribution >= 0.6 is 0 Å². The van der Waals surface area contributed by atoms with E-state index in [-0.39, 0.29) is 44.6 Å². The van der Waals surface area contributed by atoms with E-state index in [1.54, 1.807) is 149 Å². The van der Waals surface area contributed by atoms with Crippen molar-refractivity contribution in [3.8, 4) is 0 Å². The Morgan fingerprint density at radius 3 is 1.36 bits per heavy atom. The molecule has 1 aromatic rings. The van der Waals surface area contributed by atoms with Gasteiger partial charge in [0.1, 0.15) is 39.4 Å². The summed E-state index contributed by atoms with van der Waals surface area (Å²) in [5, 5.41) is 15.6. The molecule has 0 radical (unpaired) electrons. The molecule has 0 bridgehead atoms. The maximum atomic E-state index is 14.1. The lowest BCUT2D eigenvalue weighted by atomic mass is 10.1. The van der Waals surface area contributed by atoms with E-state index in [1.807, 2.05) is 0 Å². The van der Waals surface area contributed by atoms with Crippen LogP contribution in [-0.2, 0) is 39.8 Å². The van der Waals surface area contributed by atoms with Crippen LogP contribution in [0.1, 0.15) is 168 Å². The molecule has 0 heterocycles. The Balaban J connectivity index is 3.38. The van der Waals surface area contributed by atoms with E-state index in [0.717, 1.165) is 9.80 Å². The molecule has 0 aliphatic rings. The topological polar surface area (TPSA) is 258 Å². The molecule has 1 aromatic carbocycles. The minimum Gasteiger partial charge on any atom is -0.444 e. The number of carbonyl (C=O) groups excluding carboxylic acids is 6. The summed E-state index contributed by atoms with van der Waals surface area (Å²) in [6.45, 7) is 30.3. The predicted molar refractivity (Wildman–Crippen MR) is 266 cm³/mol. The van der Waals surface area contributed by atoms with Gasteiger partial charge in [-0.2, -0.15) is 0 Å². The van der Waals surface area contributed by atoms with Gasteiger partial charge >= 0.3 is 36.6 Å². The third-order valence-corrected chi connectivity index (χ3v) is 7.94. The van der Waals surface area contributed by atoms with Crippen molar-refractivity contribution in [2.75, 3.05) is 26.2 Å². The van der Waals surface area contributed by atoms with E-state index in [9.17, 15) is 28.8 Å². The number of ether oxygens (including phenoxy) is 7. The van der Waals surface area contributed by atoms with Crippen molar-refractivity contribution in [1.82, 2.24) is 25.8 Å². The zero-order valence-corrected chi connectivity index (χ0v) is 45.0. The second-order valence-electron chi connectivity index (χ2n) is 22.2. The summed E-state index contributed by atoms with van der Waals surface area (Å²) in [6.07, 6.45) is -2.40. The van der Waals surface area contributed by atoms with E-state index in [2.05, 4.69) is 25.9 Å². The number of nitrogens with zero attached hydrogens (tertiary/aromatic N) is 4. The lowest BCUT2D eigenvalue weighted by Crippen LogP contribution is -2.53. The van der Waals surface area contributed by atoms with Gasteiger partial charge in [0.2, 0.25) is 11.9 Å². The number of unbranched alkanes of at least 4 members (excludes halogenated alkanes) is 4. The molecule has 1 rings (SSSR count). The molecule has 21 heteroatoms. The summed E-state index contributed by atoms with van der Waals surface area (Å²) in [5.74, 6) is -0.670. The quantitative estimate of drug-likeness (QED) is 0.0586. The van der Waals surface area contributed by atoms with Crippen LogP contribution in [0.25, 0.3) is 0 Å². The van der Waals surface area contributed by atoms with Crippen LogP contribution in [0.3, 0.4) is 0 Å². The fraction of sp³-hybridized carbons (Fsp3) is 0.694. The van der Waals surface area contributed by atoms with Gasteiger partial charge in [0, 0.05) is 18.7 Å². The van der Waals surface area contributed by atoms with Crippen molar-refractivity contribution in [1.29, 1.82) is 5.41 Å². The van der Waals surface area contributed by atoms with Gasteiger partial charge in [-0.25, -0.2) is 38.6 Å². The van der Waals surface area contributed by atoms with Crippen LogP contribution in [0.4, 0.5) is 28.8 Å². The summed E-state index contributed by atoms with van der Waals surface area (Å²) in [4.78, 5) is 89.5. The predicted octanol–water partition coefficient (Wildman–Crippen LogP) is 10.2. The van der Waals surface area contributed by atoms with E-state index in [1.165, 1.54) is 0 Å². The number of rotatable bonds is 14. The van der Waals surface area contributed by atoms with E-state index < -0.39 is 76.1 Å². The fourth-order valence-corrected chi connectivity index (χ4v) is 5.42. The number of guanidine groups is 2. The minimum absolute atomic E-state index is 0.0389. The summed E-state index contributed by atoms with van der Waals surface area (Å²) in [5.41, 5.74) is -4.14. The normalized spacial score (nSPS) is 12.4. The summed E-state index contributed by atoms with van der Waals surface area (Å²) in [6, 6.07) is 6.70. The number of carbonyl (C=O) groups is 6. The first-order valence-electron chi connectivity index (χ1n) is 23.4. The lowest BCUT2D eigenvalue weighted by Gasteiger charge is -2.34. The number of aliphatic imine (C=N–C) groups is 2. The van der Waals surface area contributed by atoms with Crippen molar-refractivity contribution < 1.29 is 61.9 Å². The summed E-state index contributed by atoms with van der Waals surface area (Å²) in [7, 11) is 0. The number of hydrogen-bond donors (Lipinski definition) is 4. The number of amides is 6. The Labute approximate surface area is 415 Å². The molecule has 0 unspecified atom stereocenters. The highest BCUT2D eigenvalue weighted by Crippen LogP contribution is 2.19. The second-order valence-corrected chi connectivity index (χ2v) is 22.2. The van der Waals surface area contributed by atoms with Crippen LogP contribution in [0.2, 0.25) is 0 Å². The average molecular weight is 991 g/mol. The molecule has 396 valence electrons. The lowest BCUT2D eigenvalue weighted by molar-refractivity contribution is 0.0223. The van der Waals surface area contributed by atoms with Gasteiger partial charge in [0.05, 0.1) is 19.8 Å². The van der Waals surface area contributed by atoms with E-state index in [0.29, 0.717) is 43.2 Å². The Hall–Kier alpha value is -5.99. The largest absolute Gasteiger partial charge is 0.444 e. The Morgan fingerprint density at radius 1 is 0.514 bits per heavy atom. The molecule has 4 N–H and O–H groups in total. The van der Waals surface area contributed by atoms with Crippen LogP contribution in [-0.4, -0.2) is 124 Å². The highest BCUT2D eigenvalue weighted by Gasteiger charge is 2.35. The van der Waals surface area contributed by atoms with E-state index in [4.69, 9.17) is 38.6 Å². The standard InChI is InChI=1S/C49H82N8O13/c1-44(2,3)65-38(58)52-35(50)34-26-24-33(25-27-34)32-64-31-30-57(43(63)70-49(16,17)18)37(55-41(61)68-47(10,11)12)56(42(62)69-48(13,14)15)29-23-21-19-20-22-28-51-36(53-39(59)66-45(4,5)6)54-40(60)67-46(7,8)9/h24-27H,19-23,28-32H2,1-18H3,(H2,50,52,58)(H2,51,53,54,59,60). The van der Waals surface area contributed by atoms with Crippen molar-refractivity contribution in [3.63, 3.8) is 0 Å². The molecule has 0 atom stereocenters. The second kappa shape index (κ2) is 26.8. The maximum absolute atomic E-state index is 14.1. The first kappa shape index (κ1) is 62.0. The Kier molecular flexibility index (Phi) is 23.8. The number of benzene rings is 1. The Bertz CT molecular complexity index is 1950. The van der Waals surface area contributed by atoms with Gasteiger partial charge in [-0.3, -0.25) is 26.4 Å².